The minimum absolute atomic E-state index is 0.522. The third kappa shape index (κ3) is 1.50. The maximum Gasteiger partial charge on any atom is 0.234 e. The van der Waals surface area contributed by atoms with Crippen LogP contribution < -0.4 is 5.73 Å². The van der Waals surface area contributed by atoms with Crippen LogP contribution in [0.2, 0.25) is 0 Å². The monoisotopic (exact) mass is 274 g/mol. The van der Waals surface area contributed by atoms with Crippen molar-refractivity contribution in [1.29, 1.82) is 5.26 Å². The summed E-state index contributed by atoms with van der Waals surface area (Å²) in [6, 6.07) is 17.4. The van der Waals surface area contributed by atoms with Gasteiger partial charge in [-0.2, -0.15) is 5.26 Å². The van der Waals surface area contributed by atoms with E-state index in [2.05, 4.69) is 12.6 Å². The van der Waals surface area contributed by atoms with Gasteiger partial charge in [0, 0.05) is 0 Å². The van der Waals surface area contributed by atoms with Gasteiger partial charge in [0.05, 0.1) is 12.0 Å². The molecule has 21 heavy (non-hydrogen) atoms. The standard InChI is InChI=1S/C18H14N2O/c1-2-12(11-19)18(17(20)21)15-9-5-3-7-13(15)14-8-4-6-10-16(14)18/h2-10,12H,1H2,(H2,20,21). The van der Waals surface area contributed by atoms with E-state index in [4.69, 9.17) is 5.73 Å². The fourth-order valence-electron chi connectivity index (χ4n) is 3.35. The second kappa shape index (κ2) is 4.60. The predicted octanol–water partition coefficient (Wildman–Crippen LogP) is 2.76. The molecule has 0 aromatic heterocycles. The van der Waals surface area contributed by atoms with E-state index in [1.54, 1.807) is 0 Å². The molecule has 0 spiro atoms. The van der Waals surface area contributed by atoms with Crippen LogP contribution in [0.1, 0.15) is 11.1 Å². The van der Waals surface area contributed by atoms with Crippen LogP contribution in [-0.4, -0.2) is 5.91 Å². The quantitative estimate of drug-likeness (QED) is 0.874. The number of nitriles is 1. The van der Waals surface area contributed by atoms with Crippen molar-refractivity contribution in [1.82, 2.24) is 0 Å². The Morgan fingerprint density at radius 2 is 1.62 bits per heavy atom. The molecule has 3 rings (SSSR count). The molecule has 3 nitrogen and oxygen atoms in total. The average molecular weight is 274 g/mol. The summed E-state index contributed by atoms with van der Waals surface area (Å²) in [6.45, 7) is 3.72. The van der Waals surface area contributed by atoms with E-state index in [9.17, 15) is 10.1 Å². The number of carbonyl (C=O) groups is 1. The van der Waals surface area contributed by atoms with E-state index in [1.807, 2.05) is 48.5 Å². The Balaban J connectivity index is 2.48. The molecular formula is C18H14N2O. The summed E-state index contributed by atoms with van der Waals surface area (Å²) >= 11 is 0. The highest BCUT2D eigenvalue weighted by Crippen LogP contribution is 2.52. The zero-order valence-electron chi connectivity index (χ0n) is 11.4. The molecule has 102 valence electrons. The molecule has 0 radical (unpaired) electrons. The Hall–Kier alpha value is -2.86. The van der Waals surface area contributed by atoms with Gasteiger partial charge in [-0.05, 0) is 22.3 Å². The van der Waals surface area contributed by atoms with Gasteiger partial charge >= 0.3 is 0 Å². The van der Waals surface area contributed by atoms with Crippen molar-refractivity contribution in [2.24, 2.45) is 11.7 Å². The molecule has 0 fully saturated rings. The maximum atomic E-state index is 12.4. The summed E-state index contributed by atoms with van der Waals surface area (Å²) in [5.74, 6) is -1.23. The van der Waals surface area contributed by atoms with Gasteiger partial charge in [0.1, 0.15) is 5.41 Å². The fraction of sp³-hybridized carbons (Fsp3) is 0.111. The molecule has 2 N–H and O–H groups in total. The van der Waals surface area contributed by atoms with Gasteiger partial charge in [-0.3, -0.25) is 4.79 Å². The van der Waals surface area contributed by atoms with Gasteiger partial charge in [-0.15, -0.1) is 6.58 Å². The fourth-order valence-corrected chi connectivity index (χ4v) is 3.35. The summed E-state index contributed by atoms with van der Waals surface area (Å²) in [5.41, 5.74) is 8.08. The Kier molecular flexibility index (Phi) is 2.88. The van der Waals surface area contributed by atoms with Crippen molar-refractivity contribution in [3.8, 4) is 17.2 Å². The van der Waals surface area contributed by atoms with E-state index in [0.29, 0.717) is 0 Å². The topological polar surface area (TPSA) is 66.9 Å². The molecule has 1 atom stereocenters. The van der Waals surface area contributed by atoms with Crippen LogP contribution >= 0.6 is 0 Å². The van der Waals surface area contributed by atoms with E-state index in [0.717, 1.165) is 22.3 Å². The second-order valence-corrected chi connectivity index (χ2v) is 5.11. The number of rotatable bonds is 3. The molecule has 0 bridgehead atoms. The van der Waals surface area contributed by atoms with Crippen molar-refractivity contribution in [3.05, 3.63) is 72.3 Å². The van der Waals surface area contributed by atoms with Gasteiger partial charge in [0.15, 0.2) is 0 Å². The van der Waals surface area contributed by atoms with E-state index < -0.39 is 17.2 Å². The number of nitrogens with zero attached hydrogens (tertiary/aromatic N) is 1. The number of amides is 1. The predicted molar refractivity (Wildman–Crippen MR) is 81.2 cm³/mol. The first-order valence-corrected chi connectivity index (χ1v) is 6.69. The van der Waals surface area contributed by atoms with Crippen molar-refractivity contribution < 1.29 is 4.79 Å². The molecule has 1 aliphatic carbocycles. The van der Waals surface area contributed by atoms with Crippen LogP contribution in [-0.2, 0) is 10.2 Å². The Morgan fingerprint density at radius 3 is 2.00 bits per heavy atom. The number of hydrogen-bond acceptors (Lipinski definition) is 2. The third-order valence-electron chi connectivity index (χ3n) is 4.22. The summed E-state index contributed by atoms with van der Waals surface area (Å²) < 4.78 is 0. The number of fused-ring (bicyclic) bond motifs is 3. The molecule has 0 aliphatic heterocycles. The highest BCUT2D eigenvalue weighted by atomic mass is 16.1. The molecule has 3 heteroatoms. The molecular weight excluding hydrogens is 260 g/mol. The van der Waals surface area contributed by atoms with Crippen molar-refractivity contribution in [2.45, 2.75) is 5.41 Å². The van der Waals surface area contributed by atoms with Crippen LogP contribution in [0, 0.1) is 17.2 Å². The minimum atomic E-state index is -1.16. The highest BCUT2D eigenvalue weighted by Gasteiger charge is 2.52. The van der Waals surface area contributed by atoms with Crippen molar-refractivity contribution in [2.75, 3.05) is 0 Å². The first-order valence-electron chi connectivity index (χ1n) is 6.69. The lowest BCUT2D eigenvalue weighted by Crippen LogP contribution is -2.45. The lowest BCUT2D eigenvalue weighted by Gasteiger charge is -2.31. The Bertz CT molecular complexity index is 740. The van der Waals surface area contributed by atoms with Crippen LogP contribution in [0.25, 0.3) is 11.1 Å². The van der Waals surface area contributed by atoms with E-state index in [1.165, 1.54) is 6.08 Å². The molecule has 0 heterocycles. The van der Waals surface area contributed by atoms with Gasteiger partial charge in [0.2, 0.25) is 5.91 Å². The summed E-state index contributed by atoms with van der Waals surface area (Å²) in [6.07, 6.45) is 1.50. The van der Waals surface area contributed by atoms with Crippen LogP contribution in [0.15, 0.2) is 61.2 Å². The second-order valence-electron chi connectivity index (χ2n) is 5.11. The Labute approximate surface area is 123 Å². The van der Waals surface area contributed by atoms with E-state index in [-0.39, 0.29) is 0 Å². The zero-order valence-corrected chi connectivity index (χ0v) is 11.4. The van der Waals surface area contributed by atoms with Crippen LogP contribution in [0.3, 0.4) is 0 Å². The minimum Gasteiger partial charge on any atom is -0.369 e. The molecule has 1 aliphatic rings. The molecule has 1 unspecified atom stereocenters. The van der Waals surface area contributed by atoms with Gasteiger partial charge in [-0.25, -0.2) is 0 Å². The zero-order chi connectivity index (χ0) is 15.0. The van der Waals surface area contributed by atoms with Gasteiger partial charge in [-0.1, -0.05) is 54.6 Å². The highest BCUT2D eigenvalue weighted by molar-refractivity contribution is 6.00. The Morgan fingerprint density at radius 1 is 1.14 bits per heavy atom. The van der Waals surface area contributed by atoms with Crippen LogP contribution in [0.4, 0.5) is 0 Å². The number of primary amides is 1. The maximum absolute atomic E-state index is 12.4. The van der Waals surface area contributed by atoms with Gasteiger partial charge < -0.3 is 5.73 Å². The number of hydrogen-bond donors (Lipinski definition) is 1. The normalized spacial score (nSPS) is 15.4. The SMILES string of the molecule is C=CC(C#N)C1(C(N)=O)c2ccccc2-c2ccccc21. The summed E-state index contributed by atoms with van der Waals surface area (Å²) in [7, 11) is 0. The van der Waals surface area contributed by atoms with Crippen molar-refractivity contribution >= 4 is 5.91 Å². The average Bonchev–Trinajstić information content (AvgIpc) is 2.81. The molecule has 2 aromatic carbocycles. The molecule has 0 saturated heterocycles. The van der Waals surface area contributed by atoms with Crippen LogP contribution in [0.5, 0.6) is 0 Å². The first-order chi connectivity index (χ1) is 10.2. The lowest BCUT2D eigenvalue weighted by atomic mass is 9.68. The number of allylic oxidation sites excluding steroid dienone is 1. The third-order valence-corrected chi connectivity index (χ3v) is 4.22. The summed E-state index contributed by atoms with van der Waals surface area (Å²) in [4.78, 5) is 12.4. The molecule has 1 amide bonds. The summed E-state index contributed by atoms with van der Waals surface area (Å²) in [5, 5.41) is 9.52. The largest absolute Gasteiger partial charge is 0.369 e. The smallest absolute Gasteiger partial charge is 0.234 e. The molecule has 0 saturated carbocycles. The lowest BCUT2D eigenvalue weighted by molar-refractivity contribution is -0.122. The van der Waals surface area contributed by atoms with E-state index >= 15 is 0 Å². The number of nitrogens with two attached hydrogens (primary N) is 1. The number of benzene rings is 2. The number of carbonyl (C=O) groups excluding carboxylic acids is 1. The molecule has 2 aromatic rings. The van der Waals surface area contributed by atoms with Gasteiger partial charge in [0.25, 0.3) is 0 Å². The first kappa shape index (κ1) is 13.1. The van der Waals surface area contributed by atoms with Crippen molar-refractivity contribution in [3.63, 3.8) is 0 Å².